The van der Waals surface area contributed by atoms with Crippen molar-refractivity contribution in [2.45, 2.75) is 19.4 Å². The first-order chi connectivity index (χ1) is 8.60. The fourth-order valence-electron chi connectivity index (χ4n) is 2.03. The molecule has 4 heteroatoms. The van der Waals surface area contributed by atoms with E-state index in [-0.39, 0.29) is 6.04 Å². The Kier molecular flexibility index (Phi) is 4.09. The van der Waals surface area contributed by atoms with Crippen molar-refractivity contribution in [2.24, 2.45) is 0 Å². The molecule has 1 N–H and O–H groups in total. The average molecular weight is 267 g/mol. The predicted molar refractivity (Wildman–Crippen MR) is 70.9 cm³/mol. The molecular weight excluding hydrogens is 252 g/mol. The van der Waals surface area contributed by atoms with Crippen LogP contribution in [-0.4, -0.2) is 7.05 Å². The van der Waals surface area contributed by atoms with Gasteiger partial charge in [-0.2, -0.15) is 0 Å². The molecule has 1 atom stereocenters. The zero-order valence-corrected chi connectivity index (χ0v) is 11.2. The monoisotopic (exact) mass is 267 g/mol. The average Bonchev–Trinajstić information content (AvgIpc) is 2.71. The Hall–Kier alpha value is -1.26. The third-order valence-electron chi connectivity index (χ3n) is 2.93. The summed E-state index contributed by atoms with van der Waals surface area (Å²) >= 11 is 1.66. The smallest absolute Gasteiger partial charge is 0.126 e. The van der Waals surface area contributed by atoms with Crippen molar-refractivity contribution < 1.29 is 8.78 Å². The van der Waals surface area contributed by atoms with Gasteiger partial charge in [-0.15, -0.1) is 11.3 Å². The quantitative estimate of drug-likeness (QED) is 0.887. The van der Waals surface area contributed by atoms with Gasteiger partial charge in [0.2, 0.25) is 0 Å². The maximum Gasteiger partial charge on any atom is 0.126 e. The molecule has 2 aromatic rings. The molecule has 0 amide bonds. The zero-order chi connectivity index (χ0) is 13.1. The molecule has 0 aliphatic rings. The lowest BCUT2D eigenvalue weighted by atomic mass is 10.0. The minimum Gasteiger partial charge on any atom is -0.312 e. The van der Waals surface area contributed by atoms with E-state index in [9.17, 15) is 8.78 Å². The van der Waals surface area contributed by atoms with Crippen molar-refractivity contribution in [3.8, 4) is 0 Å². The standard InChI is InChI=1S/C14H15F2NS/c1-9-3-4-18-14(9)13(17-2)7-10-5-11(15)8-12(16)6-10/h3-6,8,13,17H,7H2,1-2H3. The first-order valence-electron chi connectivity index (χ1n) is 5.76. The molecule has 1 nitrogen and oxygen atoms in total. The van der Waals surface area contributed by atoms with Gasteiger partial charge < -0.3 is 5.32 Å². The number of rotatable bonds is 4. The first kappa shape index (κ1) is 13.2. The van der Waals surface area contributed by atoms with Gasteiger partial charge in [-0.1, -0.05) is 0 Å². The van der Waals surface area contributed by atoms with Crippen LogP contribution in [0.1, 0.15) is 22.0 Å². The highest BCUT2D eigenvalue weighted by molar-refractivity contribution is 7.10. The number of likely N-dealkylation sites (N-methyl/N-ethyl adjacent to an activating group) is 1. The minimum atomic E-state index is -0.525. The van der Waals surface area contributed by atoms with Crippen LogP contribution in [0.5, 0.6) is 0 Å². The molecule has 18 heavy (non-hydrogen) atoms. The molecule has 0 aliphatic heterocycles. The SMILES string of the molecule is CNC(Cc1cc(F)cc(F)c1)c1sccc1C. The largest absolute Gasteiger partial charge is 0.312 e. The van der Waals surface area contributed by atoms with Gasteiger partial charge in [0, 0.05) is 17.0 Å². The second-order valence-electron chi connectivity index (χ2n) is 4.29. The summed E-state index contributed by atoms with van der Waals surface area (Å²) in [7, 11) is 1.86. The van der Waals surface area contributed by atoms with E-state index in [1.807, 2.05) is 19.4 Å². The van der Waals surface area contributed by atoms with E-state index < -0.39 is 11.6 Å². The van der Waals surface area contributed by atoms with Crippen LogP contribution in [0.25, 0.3) is 0 Å². The maximum absolute atomic E-state index is 13.1. The van der Waals surface area contributed by atoms with E-state index >= 15 is 0 Å². The first-order valence-corrected chi connectivity index (χ1v) is 6.64. The number of hydrogen-bond donors (Lipinski definition) is 1. The highest BCUT2D eigenvalue weighted by atomic mass is 32.1. The number of nitrogens with one attached hydrogen (secondary N) is 1. The van der Waals surface area contributed by atoms with Crippen molar-refractivity contribution in [2.75, 3.05) is 7.05 Å². The Bertz CT molecular complexity index is 516. The fraction of sp³-hybridized carbons (Fsp3) is 0.286. The van der Waals surface area contributed by atoms with Gasteiger partial charge in [0.1, 0.15) is 11.6 Å². The molecule has 0 bridgehead atoms. The minimum absolute atomic E-state index is 0.0891. The van der Waals surface area contributed by atoms with Gasteiger partial charge in [-0.05, 0) is 55.1 Å². The second-order valence-corrected chi connectivity index (χ2v) is 5.24. The van der Waals surface area contributed by atoms with Crippen LogP contribution in [-0.2, 0) is 6.42 Å². The van der Waals surface area contributed by atoms with Crippen molar-refractivity contribution in [1.29, 1.82) is 0 Å². The van der Waals surface area contributed by atoms with Gasteiger partial charge in [0.25, 0.3) is 0 Å². The molecule has 0 radical (unpaired) electrons. The molecule has 2 rings (SSSR count). The van der Waals surface area contributed by atoms with Gasteiger partial charge in [0.15, 0.2) is 0 Å². The Labute approximate surface area is 109 Å². The van der Waals surface area contributed by atoms with Crippen LogP contribution < -0.4 is 5.32 Å². The van der Waals surface area contributed by atoms with Gasteiger partial charge >= 0.3 is 0 Å². The van der Waals surface area contributed by atoms with Crippen LogP contribution in [0.15, 0.2) is 29.6 Å². The highest BCUT2D eigenvalue weighted by Gasteiger charge is 2.14. The van der Waals surface area contributed by atoms with E-state index in [0.717, 1.165) is 6.07 Å². The van der Waals surface area contributed by atoms with Crippen molar-refractivity contribution in [1.82, 2.24) is 5.32 Å². The summed E-state index contributed by atoms with van der Waals surface area (Å²) < 4.78 is 26.3. The lowest BCUT2D eigenvalue weighted by Gasteiger charge is -2.16. The number of halogens is 2. The molecule has 96 valence electrons. The maximum atomic E-state index is 13.1. The summed E-state index contributed by atoms with van der Waals surface area (Å²) in [5.74, 6) is -1.05. The summed E-state index contributed by atoms with van der Waals surface area (Å²) in [5.41, 5.74) is 1.87. The lowest BCUT2D eigenvalue weighted by Crippen LogP contribution is -2.18. The topological polar surface area (TPSA) is 12.0 Å². The second kappa shape index (κ2) is 5.59. The molecule has 0 aliphatic carbocycles. The lowest BCUT2D eigenvalue weighted by molar-refractivity contribution is 0.564. The molecule has 1 unspecified atom stereocenters. The predicted octanol–water partition coefficient (Wildman–Crippen LogP) is 3.84. The summed E-state index contributed by atoms with van der Waals surface area (Å²) in [5, 5.41) is 5.23. The van der Waals surface area contributed by atoms with Gasteiger partial charge in [-0.25, -0.2) is 8.78 Å². The molecule has 0 fully saturated rings. The number of benzene rings is 1. The molecule has 0 saturated heterocycles. The highest BCUT2D eigenvalue weighted by Crippen LogP contribution is 2.26. The van der Waals surface area contributed by atoms with E-state index in [1.54, 1.807) is 11.3 Å². The van der Waals surface area contributed by atoms with E-state index in [2.05, 4.69) is 11.4 Å². The van der Waals surface area contributed by atoms with Crippen LogP contribution in [0.2, 0.25) is 0 Å². The van der Waals surface area contributed by atoms with E-state index in [4.69, 9.17) is 0 Å². The van der Waals surface area contributed by atoms with Crippen LogP contribution in [0, 0.1) is 18.6 Å². The van der Waals surface area contributed by atoms with Crippen LogP contribution in [0.4, 0.5) is 8.78 Å². The Balaban J connectivity index is 2.23. The molecule has 0 spiro atoms. The molecule has 1 aromatic carbocycles. The molecule has 1 heterocycles. The number of thiophene rings is 1. The Morgan fingerprint density at radius 2 is 1.89 bits per heavy atom. The Morgan fingerprint density at radius 3 is 2.39 bits per heavy atom. The van der Waals surface area contributed by atoms with Crippen molar-refractivity contribution in [3.05, 3.63) is 57.3 Å². The number of aryl methyl sites for hydroxylation is 1. The molecular formula is C14H15F2NS. The van der Waals surface area contributed by atoms with Crippen LogP contribution in [0.3, 0.4) is 0 Å². The van der Waals surface area contributed by atoms with E-state index in [0.29, 0.717) is 12.0 Å². The fourth-order valence-corrected chi connectivity index (χ4v) is 3.07. The molecule has 1 aromatic heterocycles. The van der Waals surface area contributed by atoms with Crippen LogP contribution >= 0.6 is 11.3 Å². The number of hydrogen-bond acceptors (Lipinski definition) is 2. The summed E-state index contributed by atoms with van der Waals surface area (Å²) in [6, 6.07) is 5.81. The normalized spacial score (nSPS) is 12.7. The third-order valence-corrected chi connectivity index (χ3v) is 4.06. The summed E-state index contributed by atoms with van der Waals surface area (Å²) in [6.45, 7) is 2.04. The summed E-state index contributed by atoms with van der Waals surface area (Å²) in [4.78, 5) is 1.21. The Morgan fingerprint density at radius 1 is 1.22 bits per heavy atom. The summed E-state index contributed by atoms with van der Waals surface area (Å²) in [6.07, 6.45) is 0.576. The van der Waals surface area contributed by atoms with Gasteiger partial charge in [-0.3, -0.25) is 0 Å². The molecule has 0 saturated carbocycles. The van der Waals surface area contributed by atoms with Crippen molar-refractivity contribution >= 4 is 11.3 Å². The van der Waals surface area contributed by atoms with E-state index in [1.165, 1.54) is 22.6 Å². The zero-order valence-electron chi connectivity index (χ0n) is 10.3. The van der Waals surface area contributed by atoms with Gasteiger partial charge in [0.05, 0.1) is 0 Å². The third kappa shape index (κ3) is 2.94. The van der Waals surface area contributed by atoms with Crippen molar-refractivity contribution in [3.63, 3.8) is 0 Å².